The van der Waals surface area contributed by atoms with Gasteiger partial charge in [0.05, 0.1) is 0 Å². The van der Waals surface area contributed by atoms with E-state index in [4.69, 9.17) is 11.6 Å². The van der Waals surface area contributed by atoms with Gasteiger partial charge in [-0.2, -0.15) is 11.8 Å². The van der Waals surface area contributed by atoms with Crippen molar-refractivity contribution >= 4 is 29.3 Å². The number of carbonyl (C=O) groups is 1. The molecule has 0 aromatic heterocycles. The van der Waals surface area contributed by atoms with Gasteiger partial charge in [-0.25, -0.2) is 0 Å². The second-order valence-corrected chi connectivity index (χ2v) is 6.79. The van der Waals surface area contributed by atoms with E-state index < -0.39 is 0 Å². The molecule has 0 atom stereocenters. The number of rotatable bonds is 6. The first kappa shape index (κ1) is 16.9. The Balaban J connectivity index is 1.72. The summed E-state index contributed by atoms with van der Waals surface area (Å²) >= 11 is 7.65. The predicted octanol–water partition coefficient (Wildman–Crippen LogP) is 4.62. The molecule has 0 aliphatic carbocycles. The van der Waals surface area contributed by atoms with Crippen LogP contribution in [-0.2, 0) is 5.75 Å². The van der Waals surface area contributed by atoms with E-state index in [0.29, 0.717) is 6.54 Å². The van der Waals surface area contributed by atoms with Crippen LogP contribution in [0.5, 0.6) is 0 Å². The van der Waals surface area contributed by atoms with Crippen LogP contribution in [0.15, 0.2) is 42.5 Å². The first-order valence-electron chi connectivity index (χ1n) is 7.24. The zero-order valence-corrected chi connectivity index (χ0v) is 14.4. The summed E-state index contributed by atoms with van der Waals surface area (Å²) in [5, 5.41) is 3.73. The van der Waals surface area contributed by atoms with Crippen LogP contribution in [0, 0.1) is 13.8 Å². The van der Waals surface area contributed by atoms with Gasteiger partial charge in [0.2, 0.25) is 0 Å². The van der Waals surface area contributed by atoms with Gasteiger partial charge in [-0.1, -0.05) is 41.4 Å². The quantitative estimate of drug-likeness (QED) is 0.781. The number of aryl methyl sites for hydroxylation is 2. The van der Waals surface area contributed by atoms with Gasteiger partial charge in [0.1, 0.15) is 0 Å². The summed E-state index contributed by atoms with van der Waals surface area (Å²) in [7, 11) is 0. The lowest BCUT2D eigenvalue weighted by atomic mass is 10.1. The Kier molecular flexibility index (Phi) is 6.34. The lowest BCUT2D eigenvalue weighted by Crippen LogP contribution is -2.26. The fraction of sp³-hybridized carbons (Fsp3) is 0.278. The maximum atomic E-state index is 12.1. The van der Waals surface area contributed by atoms with Crippen molar-refractivity contribution in [2.24, 2.45) is 0 Å². The molecule has 0 bridgehead atoms. The number of nitrogens with one attached hydrogen (secondary N) is 1. The van der Waals surface area contributed by atoms with Gasteiger partial charge >= 0.3 is 0 Å². The number of benzene rings is 2. The Morgan fingerprint density at radius 3 is 2.55 bits per heavy atom. The highest BCUT2D eigenvalue weighted by atomic mass is 35.5. The Morgan fingerprint density at radius 2 is 1.86 bits per heavy atom. The molecule has 0 unspecified atom stereocenters. The molecule has 1 N–H and O–H groups in total. The second-order valence-electron chi connectivity index (χ2n) is 5.25. The average Bonchev–Trinajstić information content (AvgIpc) is 2.48. The molecule has 2 aromatic carbocycles. The smallest absolute Gasteiger partial charge is 0.251 e. The van der Waals surface area contributed by atoms with E-state index in [0.717, 1.165) is 27.7 Å². The standard InChI is InChI=1S/C18H20ClNOS/c1-13-3-8-17(14(2)11-13)18(21)20-9-10-22-12-15-4-6-16(19)7-5-15/h3-8,11H,9-10,12H2,1-2H3,(H,20,21). The minimum atomic E-state index is 0.00425. The number of hydrogen-bond donors (Lipinski definition) is 1. The molecular formula is C18H20ClNOS. The molecule has 1 amide bonds. The summed E-state index contributed by atoms with van der Waals surface area (Å²) in [5.74, 6) is 1.82. The minimum Gasteiger partial charge on any atom is -0.351 e. The summed E-state index contributed by atoms with van der Waals surface area (Å²) in [5.41, 5.74) is 4.20. The molecule has 2 rings (SSSR count). The Morgan fingerprint density at radius 1 is 1.14 bits per heavy atom. The van der Waals surface area contributed by atoms with Crippen LogP contribution in [-0.4, -0.2) is 18.2 Å². The SMILES string of the molecule is Cc1ccc(C(=O)NCCSCc2ccc(Cl)cc2)c(C)c1. The van der Waals surface area contributed by atoms with Gasteiger partial charge in [0.25, 0.3) is 5.91 Å². The fourth-order valence-electron chi connectivity index (χ4n) is 2.17. The van der Waals surface area contributed by atoms with E-state index in [1.54, 1.807) is 11.8 Å². The predicted molar refractivity (Wildman–Crippen MR) is 95.9 cm³/mol. The maximum Gasteiger partial charge on any atom is 0.251 e. The van der Waals surface area contributed by atoms with Crippen molar-refractivity contribution < 1.29 is 4.79 Å². The van der Waals surface area contributed by atoms with Gasteiger partial charge in [0.15, 0.2) is 0 Å². The monoisotopic (exact) mass is 333 g/mol. The van der Waals surface area contributed by atoms with Crippen molar-refractivity contribution in [1.82, 2.24) is 5.32 Å². The first-order chi connectivity index (χ1) is 10.6. The highest BCUT2D eigenvalue weighted by Gasteiger charge is 2.07. The maximum absolute atomic E-state index is 12.1. The molecule has 0 spiro atoms. The highest BCUT2D eigenvalue weighted by molar-refractivity contribution is 7.98. The summed E-state index contributed by atoms with van der Waals surface area (Å²) in [6.45, 7) is 4.67. The van der Waals surface area contributed by atoms with Crippen molar-refractivity contribution in [2.75, 3.05) is 12.3 Å². The van der Waals surface area contributed by atoms with Crippen LogP contribution in [0.2, 0.25) is 5.02 Å². The molecule has 0 saturated carbocycles. The number of amides is 1. The Labute approximate surface area is 141 Å². The van der Waals surface area contributed by atoms with E-state index in [1.165, 1.54) is 11.1 Å². The van der Waals surface area contributed by atoms with Crippen molar-refractivity contribution in [3.8, 4) is 0 Å². The van der Waals surface area contributed by atoms with Crippen LogP contribution in [0.25, 0.3) is 0 Å². The molecular weight excluding hydrogens is 314 g/mol. The highest BCUT2D eigenvalue weighted by Crippen LogP contribution is 2.15. The number of carbonyl (C=O) groups excluding carboxylic acids is 1. The molecule has 0 saturated heterocycles. The molecule has 0 fully saturated rings. The topological polar surface area (TPSA) is 29.1 Å². The van der Waals surface area contributed by atoms with E-state index in [-0.39, 0.29) is 5.91 Å². The molecule has 4 heteroatoms. The zero-order valence-electron chi connectivity index (χ0n) is 12.9. The van der Waals surface area contributed by atoms with Crippen LogP contribution in [0.3, 0.4) is 0 Å². The Hall–Kier alpha value is -1.45. The van der Waals surface area contributed by atoms with Crippen LogP contribution in [0.1, 0.15) is 27.0 Å². The van der Waals surface area contributed by atoms with Gasteiger partial charge in [-0.3, -0.25) is 4.79 Å². The molecule has 116 valence electrons. The second kappa shape index (κ2) is 8.25. The van der Waals surface area contributed by atoms with E-state index in [2.05, 4.69) is 5.32 Å². The van der Waals surface area contributed by atoms with E-state index in [9.17, 15) is 4.79 Å². The van der Waals surface area contributed by atoms with Gasteiger partial charge in [-0.05, 0) is 43.2 Å². The number of thioether (sulfide) groups is 1. The molecule has 0 radical (unpaired) electrons. The summed E-state index contributed by atoms with van der Waals surface area (Å²) < 4.78 is 0. The lowest BCUT2D eigenvalue weighted by molar-refractivity contribution is 0.0955. The van der Waals surface area contributed by atoms with Crippen molar-refractivity contribution in [1.29, 1.82) is 0 Å². The molecule has 22 heavy (non-hydrogen) atoms. The first-order valence-corrected chi connectivity index (χ1v) is 8.77. The lowest BCUT2D eigenvalue weighted by Gasteiger charge is -2.08. The number of halogens is 1. The van der Waals surface area contributed by atoms with Gasteiger partial charge < -0.3 is 5.32 Å². The third-order valence-corrected chi connectivity index (χ3v) is 4.62. The minimum absolute atomic E-state index is 0.00425. The van der Waals surface area contributed by atoms with Crippen LogP contribution in [0.4, 0.5) is 0 Å². The van der Waals surface area contributed by atoms with Crippen molar-refractivity contribution in [2.45, 2.75) is 19.6 Å². The number of hydrogen-bond acceptors (Lipinski definition) is 2. The molecule has 0 heterocycles. The van der Waals surface area contributed by atoms with Crippen molar-refractivity contribution in [3.63, 3.8) is 0 Å². The van der Waals surface area contributed by atoms with E-state index >= 15 is 0 Å². The van der Waals surface area contributed by atoms with Gasteiger partial charge in [-0.15, -0.1) is 0 Å². The Bertz CT molecular complexity index is 640. The third kappa shape index (κ3) is 5.08. The third-order valence-electron chi connectivity index (χ3n) is 3.34. The van der Waals surface area contributed by atoms with E-state index in [1.807, 2.05) is 56.3 Å². The van der Waals surface area contributed by atoms with Crippen molar-refractivity contribution in [3.05, 3.63) is 69.7 Å². The normalized spacial score (nSPS) is 10.5. The zero-order chi connectivity index (χ0) is 15.9. The average molecular weight is 334 g/mol. The van der Waals surface area contributed by atoms with Gasteiger partial charge in [0, 0.05) is 28.6 Å². The summed E-state index contributed by atoms with van der Waals surface area (Å²) in [6, 6.07) is 13.8. The molecule has 0 aliphatic rings. The van der Waals surface area contributed by atoms with Crippen LogP contribution < -0.4 is 5.32 Å². The molecule has 2 nitrogen and oxygen atoms in total. The molecule has 2 aromatic rings. The fourth-order valence-corrected chi connectivity index (χ4v) is 3.12. The van der Waals surface area contributed by atoms with Crippen LogP contribution >= 0.6 is 23.4 Å². The summed E-state index contributed by atoms with van der Waals surface area (Å²) in [4.78, 5) is 12.1. The largest absolute Gasteiger partial charge is 0.351 e. The molecule has 0 aliphatic heterocycles. The summed E-state index contributed by atoms with van der Waals surface area (Å²) in [6.07, 6.45) is 0.